The molecule has 2 N–H and O–H groups in total. The number of thiophene rings is 1. The first-order valence-corrected chi connectivity index (χ1v) is 8.06. The number of nitriles is 1. The standard InChI is InChI=1S/C17H18N2O2S/c1-17(2)16(20)14(15-13(21-17)7-8-22-15)19-10-12-5-3-11(9-18)4-6-12/h3-8,14,16,19-20H,10H2,1-2H3/t14-,16+/m0/s1. The van der Waals surface area contributed by atoms with Gasteiger partial charge in [-0.1, -0.05) is 12.1 Å². The zero-order valence-corrected chi connectivity index (χ0v) is 13.4. The third kappa shape index (κ3) is 2.73. The van der Waals surface area contributed by atoms with Crippen molar-refractivity contribution in [2.45, 2.75) is 38.1 Å². The van der Waals surface area contributed by atoms with Crippen LogP contribution in [0.5, 0.6) is 5.75 Å². The lowest BCUT2D eigenvalue weighted by Crippen LogP contribution is -2.51. The van der Waals surface area contributed by atoms with E-state index in [9.17, 15) is 5.11 Å². The molecule has 0 saturated heterocycles. The Hall–Kier alpha value is -1.87. The molecular weight excluding hydrogens is 296 g/mol. The van der Waals surface area contributed by atoms with Crippen molar-refractivity contribution in [2.75, 3.05) is 0 Å². The third-order valence-electron chi connectivity index (χ3n) is 3.95. The van der Waals surface area contributed by atoms with Crippen LogP contribution in [0.3, 0.4) is 0 Å². The van der Waals surface area contributed by atoms with Crippen LogP contribution in [0.15, 0.2) is 35.7 Å². The molecule has 1 aromatic carbocycles. The van der Waals surface area contributed by atoms with Gasteiger partial charge < -0.3 is 15.2 Å². The number of hydrogen-bond donors (Lipinski definition) is 2. The van der Waals surface area contributed by atoms with Crippen LogP contribution in [-0.4, -0.2) is 16.8 Å². The molecule has 2 heterocycles. The summed E-state index contributed by atoms with van der Waals surface area (Å²) in [6.07, 6.45) is -0.628. The zero-order chi connectivity index (χ0) is 15.7. The molecule has 0 amide bonds. The molecule has 0 radical (unpaired) electrons. The van der Waals surface area contributed by atoms with Crippen LogP contribution in [0.1, 0.15) is 35.9 Å². The predicted octanol–water partition coefficient (Wildman–Crippen LogP) is 2.98. The summed E-state index contributed by atoms with van der Waals surface area (Å²) in [6.45, 7) is 4.42. The fraction of sp³-hybridized carbons (Fsp3) is 0.353. The fourth-order valence-electron chi connectivity index (χ4n) is 2.64. The van der Waals surface area contributed by atoms with E-state index >= 15 is 0 Å². The van der Waals surface area contributed by atoms with E-state index in [4.69, 9.17) is 10.00 Å². The average Bonchev–Trinajstić information content (AvgIpc) is 2.95. The smallest absolute Gasteiger partial charge is 0.135 e. The first-order chi connectivity index (χ1) is 10.5. The van der Waals surface area contributed by atoms with Crippen molar-refractivity contribution < 1.29 is 9.84 Å². The van der Waals surface area contributed by atoms with Gasteiger partial charge in [-0.05, 0) is 43.0 Å². The highest BCUT2D eigenvalue weighted by molar-refractivity contribution is 7.10. The summed E-state index contributed by atoms with van der Waals surface area (Å²) < 4.78 is 5.87. The number of nitrogens with one attached hydrogen (secondary N) is 1. The van der Waals surface area contributed by atoms with Crippen LogP contribution in [-0.2, 0) is 6.54 Å². The number of fused-ring (bicyclic) bond motifs is 1. The minimum Gasteiger partial charge on any atom is -0.484 e. The highest BCUT2D eigenvalue weighted by Gasteiger charge is 2.43. The zero-order valence-electron chi connectivity index (χ0n) is 12.5. The molecule has 114 valence electrons. The molecule has 0 saturated carbocycles. The van der Waals surface area contributed by atoms with Crippen molar-refractivity contribution in [3.63, 3.8) is 0 Å². The average molecular weight is 314 g/mol. The first kappa shape index (κ1) is 15.0. The fourth-order valence-corrected chi connectivity index (χ4v) is 3.56. The van der Waals surface area contributed by atoms with Crippen molar-refractivity contribution >= 4 is 11.3 Å². The van der Waals surface area contributed by atoms with Crippen LogP contribution in [0.4, 0.5) is 0 Å². The molecular formula is C17H18N2O2S. The minimum atomic E-state index is -0.629. The Morgan fingerprint density at radius 2 is 2.05 bits per heavy atom. The maximum absolute atomic E-state index is 10.6. The number of nitrogens with zero attached hydrogens (tertiary/aromatic N) is 1. The second-order valence-electron chi connectivity index (χ2n) is 5.97. The van der Waals surface area contributed by atoms with E-state index in [2.05, 4.69) is 11.4 Å². The van der Waals surface area contributed by atoms with Gasteiger partial charge in [-0.2, -0.15) is 5.26 Å². The van der Waals surface area contributed by atoms with Crippen LogP contribution < -0.4 is 10.1 Å². The van der Waals surface area contributed by atoms with Crippen molar-refractivity contribution in [1.82, 2.24) is 5.32 Å². The van der Waals surface area contributed by atoms with Crippen molar-refractivity contribution in [1.29, 1.82) is 5.26 Å². The lowest BCUT2D eigenvalue weighted by molar-refractivity contribution is -0.0632. The molecule has 0 aliphatic carbocycles. The Labute approximate surface area is 134 Å². The van der Waals surface area contributed by atoms with Gasteiger partial charge >= 0.3 is 0 Å². The van der Waals surface area contributed by atoms with Gasteiger partial charge in [0.05, 0.1) is 22.6 Å². The van der Waals surface area contributed by atoms with Crippen LogP contribution in [0.25, 0.3) is 0 Å². The third-order valence-corrected chi connectivity index (χ3v) is 4.93. The Kier molecular flexibility index (Phi) is 3.92. The normalized spacial score (nSPS) is 22.5. The lowest BCUT2D eigenvalue weighted by Gasteiger charge is -2.41. The molecule has 0 spiro atoms. The number of aliphatic hydroxyl groups excluding tert-OH is 1. The number of rotatable bonds is 3. The summed E-state index contributed by atoms with van der Waals surface area (Å²) in [5.41, 5.74) is 1.10. The van der Waals surface area contributed by atoms with E-state index in [1.807, 2.05) is 37.4 Å². The second-order valence-corrected chi connectivity index (χ2v) is 6.91. The van der Waals surface area contributed by atoms with Crippen molar-refractivity contribution in [3.8, 4) is 11.8 Å². The molecule has 0 unspecified atom stereocenters. The first-order valence-electron chi connectivity index (χ1n) is 7.18. The van der Waals surface area contributed by atoms with Gasteiger partial charge in [0, 0.05) is 6.54 Å². The topological polar surface area (TPSA) is 65.3 Å². The van der Waals surface area contributed by atoms with E-state index < -0.39 is 11.7 Å². The highest BCUT2D eigenvalue weighted by atomic mass is 32.1. The Balaban J connectivity index is 1.78. The van der Waals surface area contributed by atoms with E-state index in [0.29, 0.717) is 12.1 Å². The molecule has 4 nitrogen and oxygen atoms in total. The molecule has 2 atom stereocenters. The molecule has 1 aliphatic rings. The SMILES string of the molecule is CC1(C)Oc2ccsc2[C@H](NCc2ccc(C#N)cc2)[C@H]1O. The molecule has 22 heavy (non-hydrogen) atoms. The van der Waals surface area contributed by atoms with Crippen LogP contribution >= 0.6 is 11.3 Å². The van der Waals surface area contributed by atoms with Gasteiger partial charge in [-0.25, -0.2) is 0 Å². The quantitative estimate of drug-likeness (QED) is 0.914. The largest absolute Gasteiger partial charge is 0.484 e. The molecule has 3 rings (SSSR count). The van der Waals surface area contributed by atoms with Crippen LogP contribution in [0, 0.1) is 11.3 Å². The summed E-state index contributed by atoms with van der Waals surface area (Å²) in [5, 5.41) is 24.8. The molecule has 2 aromatic rings. The summed E-state index contributed by atoms with van der Waals surface area (Å²) in [4.78, 5) is 1.03. The molecule has 1 aliphatic heterocycles. The van der Waals surface area contributed by atoms with Gasteiger partial charge in [-0.15, -0.1) is 11.3 Å². The van der Waals surface area contributed by atoms with Crippen molar-refractivity contribution in [3.05, 3.63) is 51.7 Å². The molecule has 0 bridgehead atoms. The lowest BCUT2D eigenvalue weighted by atomic mass is 9.90. The van der Waals surface area contributed by atoms with Crippen LogP contribution in [0.2, 0.25) is 0 Å². The summed E-state index contributed by atoms with van der Waals surface area (Å²) >= 11 is 1.59. The molecule has 5 heteroatoms. The Morgan fingerprint density at radius 1 is 1.32 bits per heavy atom. The van der Waals surface area contributed by atoms with E-state index in [1.54, 1.807) is 23.5 Å². The highest BCUT2D eigenvalue weighted by Crippen LogP contribution is 2.42. The van der Waals surface area contributed by atoms with Gasteiger partial charge in [0.2, 0.25) is 0 Å². The maximum atomic E-state index is 10.6. The predicted molar refractivity (Wildman–Crippen MR) is 85.8 cm³/mol. The van der Waals surface area contributed by atoms with Gasteiger partial charge in [0.25, 0.3) is 0 Å². The number of benzene rings is 1. The van der Waals surface area contributed by atoms with E-state index in [0.717, 1.165) is 16.2 Å². The number of aliphatic hydroxyl groups is 1. The monoisotopic (exact) mass is 314 g/mol. The maximum Gasteiger partial charge on any atom is 0.135 e. The van der Waals surface area contributed by atoms with Gasteiger partial charge in [0.1, 0.15) is 17.5 Å². The van der Waals surface area contributed by atoms with Gasteiger partial charge in [-0.3, -0.25) is 0 Å². The summed E-state index contributed by atoms with van der Waals surface area (Å²) in [7, 11) is 0. The Morgan fingerprint density at radius 3 is 2.73 bits per heavy atom. The minimum absolute atomic E-state index is 0.158. The second kappa shape index (κ2) is 5.73. The van der Waals surface area contributed by atoms with Crippen molar-refractivity contribution in [2.24, 2.45) is 0 Å². The molecule has 0 fully saturated rings. The Bertz CT molecular complexity index is 700. The van der Waals surface area contributed by atoms with E-state index in [1.165, 1.54) is 0 Å². The summed E-state index contributed by atoms with van der Waals surface area (Å²) in [6, 6.07) is 11.4. The van der Waals surface area contributed by atoms with E-state index in [-0.39, 0.29) is 6.04 Å². The molecule has 1 aromatic heterocycles. The van der Waals surface area contributed by atoms with Gasteiger partial charge in [0.15, 0.2) is 0 Å². The summed E-state index contributed by atoms with van der Waals surface area (Å²) in [5.74, 6) is 0.845. The number of hydrogen-bond acceptors (Lipinski definition) is 5. The number of ether oxygens (including phenoxy) is 1.